The number of hydrogen-bond donors (Lipinski definition) is 2. The number of hydrogen-bond acceptors (Lipinski definition) is 8. The van der Waals surface area contributed by atoms with Crippen LogP contribution in [0.5, 0.6) is 5.75 Å². The quantitative estimate of drug-likeness (QED) is 0.214. The lowest BCUT2D eigenvalue weighted by Crippen LogP contribution is -2.17. The van der Waals surface area contributed by atoms with E-state index in [0.29, 0.717) is 34.3 Å². The molecule has 0 aliphatic carbocycles. The molecule has 0 amide bonds. The molecule has 9 nitrogen and oxygen atoms in total. The maximum Gasteiger partial charge on any atom is 0.573 e. The van der Waals surface area contributed by atoms with Crippen LogP contribution in [0, 0.1) is 6.92 Å². The summed E-state index contributed by atoms with van der Waals surface area (Å²) in [7, 11) is 1.83. The fourth-order valence-electron chi connectivity index (χ4n) is 4.02. The lowest BCUT2D eigenvalue weighted by atomic mass is 9.99. The first kappa shape index (κ1) is 29.5. The Bertz CT molecular complexity index is 1550. The van der Waals surface area contributed by atoms with Crippen LogP contribution >= 0.6 is 0 Å². The number of halogens is 3. The number of benzene rings is 3. The molecule has 0 radical (unpaired) electrons. The van der Waals surface area contributed by atoms with Crippen molar-refractivity contribution in [2.45, 2.75) is 26.1 Å². The van der Waals surface area contributed by atoms with Crippen molar-refractivity contribution in [1.29, 1.82) is 0 Å². The molecule has 4 aromatic rings. The van der Waals surface area contributed by atoms with Gasteiger partial charge in [0.05, 0.1) is 0 Å². The van der Waals surface area contributed by atoms with Crippen LogP contribution in [-0.2, 0) is 28.9 Å². The third-order valence-corrected chi connectivity index (χ3v) is 6.37. The number of alkyl halides is 3. The van der Waals surface area contributed by atoms with Crippen molar-refractivity contribution in [2.24, 2.45) is 0 Å². The fraction of sp³-hybridized carbons (Fsp3) is 0.179. The second-order valence-corrected chi connectivity index (χ2v) is 9.71. The molecule has 0 spiro atoms. The minimum Gasteiger partial charge on any atom is -0.755 e. The zero-order valence-electron chi connectivity index (χ0n) is 21.9. The van der Waals surface area contributed by atoms with Gasteiger partial charge in [-0.15, -0.1) is 13.2 Å². The summed E-state index contributed by atoms with van der Waals surface area (Å²) in [6.07, 6.45) is -2.93. The van der Waals surface area contributed by atoms with Gasteiger partial charge in [0.2, 0.25) is 5.95 Å². The SMILES string of the molecule is Cc1cc(OC(F)(F)F)ccc1CC(=O)Cc1ccc(N(C)c2ccnc(Nc3cccc(NS(=O)[O-])c3)n2)cc1. The first-order valence-electron chi connectivity index (χ1n) is 12.2. The molecule has 1 heterocycles. The lowest BCUT2D eigenvalue weighted by molar-refractivity contribution is -0.274. The van der Waals surface area contributed by atoms with Crippen LogP contribution in [0.3, 0.4) is 0 Å². The van der Waals surface area contributed by atoms with E-state index in [1.54, 1.807) is 43.5 Å². The van der Waals surface area contributed by atoms with Crippen LogP contribution in [0.2, 0.25) is 0 Å². The number of aryl methyl sites for hydroxylation is 1. The van der Waals surface area contributed by atoms with Gasteiger partial charge < -0.3 is 24.2 Å². The Balaban J connectivity index is 1.37. The third kappa shape index (κ3) is 8.75. The van der Waals surface area contributed by atoms with Gasteiger partial charge in [0.15, 0.2) is 0 Å². The predicted molar refractivity (Wildman–Crippen MR) is 149 cm³/mol. The van der Waals surface area contributed by atoms with E-state index in [4.69, 9.17) is 0 Å². The number of anilines is 5. The standard InChI is InChI=1S/C28H26F3N5O4S/c1-18-14-25(40-28(29,30)31)11-8-20(18)16-24(37)15-19-6-9-23(10-7-19)36(2)26-12-13-32-27(34-26)33-21-4-3-5-22(17-21)35-41(38)39/h3-14,17,35H,15-16H2,1-2H3,(H,38,39)(H,32,33,34)/p-1. The van der Waals surface area contributed by atoms with Crippen LogP contribution in [0.15, 0.2) is 79.0 Å². The number of Topliss-reactive ketones (excluding diaryl/α,β-unsaturated/α-hetero) is 1. The van der Waals surface area contributed by atoms with Gasteiger partial charge in [-0.05, 0) is 72.1 Å². The Hall–Kier alpha value is -4.49. The maximum atomic E-state index is 12.7. The lowest BCUT2D eigenvalue weighted by Gasteiger charge is -2.19. The van der Waals surface area contributed by atoms with Gasteiger partial charge in [0.25, 0.3) is 0 Å². The summed E-state index contributed by atoms with van der Waals surface area (Å²) in [6.45, 7) is 1.64. The Labute approximate surface area is 236 Å². The summed E-state index contributed by atoms with van der Waals surface area (Å²) < 4.78 is 65.3. The monoisotopic (exact) mass is 584 g/mol. The van der Waals surface area contributed by atoms with Crippen LogP contribution in [-0.4, -0.2) is 37.9 Å². The first-order chi connectivity index (χ1) is 19.4. The number of carbonyl (C=O) groups is 1. The van der Waals surface area contributed by atoms with Crippen molar-refractivity contribution < 1.29 is 31.5 Å². The summed E-state index contributed by atoms with van der Waals surface area (Å²) in [5.41, 5.74) is 3.76. The molecule has 1 atom stereocenters. The van der Waals surface area contributed by atoms with E-state index in [-0.39, 0.29) is 24.4 Å². The second-order valence-electron chi connectivity index (χ2n) is 9.03. The maximum absolute atomic E-state index is 12.7. The number of ketones is 1. The zero-order chi connectivity index (χ0) is 29.6. The van der Waals surface area contributed by atoms with Crippen LogP contribution in [0.25, 0.3) is 0 Å². The number of rotatable bonds is 11. The average Bonchev–Trinajstić information content (AvgIpc) is 2.89. The molecule has 0 aliphatic heterocycles. The van der Waals surface area contributed by atoms with E-state index < -0.39 is 17.6 Å². The Morgan fingerprint density at radius 1 is 1.02 bits per heavy atom. The van der Waals surface area contributed by atoms with Gasteiger partial charge in [-0.25, -0.2) is 4.98 Å². The van der Waals surface area contributed by atoms with Crippen molar-refractivity contribution in [3.05, 3.63) is 95.7 Å². The van der Waals surface area contributed by atoms with Gasteiger partial charge >= 0.3 is 6.36 Å². The molecule has 0 saturated heterocycles. The van der Waals surface area contributed by atoms with Crippen LogP contribution < -0.4 is 19.7 Å². The van der Waals surface area contributed by atoms with Crippen molar-refractivity contribution in [2.75, 3.05) is 22.0 Å². The number of nitrogens with zero attached hydrogens (tertiary/aromatic N) is 3. The van der Waals surface area contributed by atoms with E-state index >= 15 is 0 Å². The third-order valence-electron chi connectivity index (χ3n) is 5.96. The summed E-state index contributed by atoms with van der Waals surface area (Å²) in [5.74, 6) is 0.504. The van der Waals surface area contributed by atoms with Gasteiger partial charge in [-0.2, -0.15) is 4.98 Å². The topological polar surface area (TPSA) is 120 Å². The van der Waals surface area contributed by atoms with Crippen LogP contribution in [0.4, 0.5) is 42.0 Å². The summed E-state index contributed by atoms with van der Waals surface area (Å²) in [5, 5.41) is 3.05. The highest BCUT2D eigenvalue weighted by Gasteiger charge is 2.31. The highest BCUT2D eigenvalue weighted by molar-refractivity contribution is 7.80. The van der Waals surface area contributed by atoms with Crippen LogP contribution in [0.1, 0.15) is 16.7 Å². The van der Waals surface area contributed by atoms with Crippen molar-refractivity contribution in [3.8, 4) is 5.75 Å². The van der Waals surface area contributed by atoms with Crippen molar-refractivity contribution in [1.82, 2.24) is 9.97 Å². The molecule has 0 bridgehead atoms. The Kier molecular flexibility index (Phi) is 9.20. The highest BCUT2D eigenvalue weighted by Crippen LogP contribution is 2.27. The van der Waals surface area contributed by atoms with E-state index in [2.05, 4.69) is 24.7 Å². The smallest absolute Gasteiger partial charge is 0.573 e. The molecular weight excluding hydrogens is 559 g/mol. The fourth-order valence-corrected chi connectivity index (χ4v) is 4.34. The molecule has 0 saturated carbocycles. The molecule has 2 N–H and O–H groups in total. The molecule has 41 heavy (non-hydrogen) atoms. The predicted octanol–water partition coefficient (Wildman–Crippen LogP) is 5.76. The number of ether oxygens (including phenoxy) is 1. The molecule has 1 aromatic heterocycles. The highest BCUT2D eigenvalue weighted by atomic mass is 32.2. The molecule has 0 fully saturated rings. The minimum atomic E-state index is -4.77. The van der Waals surface area contributed by atoms with Crippen molar-refractivity contribution >= 4 is 45.9 Å². The van der Waals surface area contributed by atoms with E-state index in [9.17, 15) is 26.7 Å². The first-order valence-corrected chi connectivity index (χ1v) is 13.3. The molecule has 13 heteroatoms. The summed E-state index contributed by atoms with van der Waals surface area (Å²) >= 11 is -2.44. The van der Waals surface area contributed by atoms with E-state index in [1.807, 2.05) is 36.2 Å². The Morgan fingerprint density at radius 2 is 1.76 bits per heavy atom. The summed E-state index contributed by atoms with van der Waals surface area (Å²) in [4.78, 5) is 23.3. The summed E-state index contributed by atoms with van der Waals surface area (Å²) in [6, 6.07) is 19.7. The van der Waals surface area contributed by atoms with E-state index in [0.717, 1.165) is 11.3 Å². The Morgan fingerprint density at radius 3 is 2.44 bits per heavy atom. The van der Waals surface area contributed by atoms with Gasteiger partial charge in [0.1, 0.15) is 17.4 Å². The van der Waals surface area contributed by atoms with Gasteiger partial charge in [0, 0.05) is 54.4 Å². The average molecular weight is 585 g/mol. The molecule has 214 valence electrons. The number of nitrogens with one attached hydrogen (secondary N) is 2. The van der Waals surface area contributed by atoms with Gasteiger partial charge in [-0.1, -0.05) is 24.3 Å². The molecular formula is C28H25F3N5O4S-. The molecule has 4 rings (SSSR count). The number of carbonyl (C=O) groups excluding carboxylic acids is 1. The molecule has 3 aromatic carbocycles. The minimum absolute atomic E-state index is 0.0778. The molecule has 1 unspecified atom stereocenters. The van der Waals surface area contributed by atoms with Crippen molar-refractivity contribution in [3.63, 3.8) is 0 Å². The second kappa shape index (κ2) is 12.8. The number of aromatic nitrogens is 2. The molecule has 0 aliphatic rings. The van der Waals surface area contributed by atoms with E-state index in [1.165, 1.54) is 18.2 Å². The zero-order valence-corrected chi connectivity index (χ0v) is 22.8. The normalized spacial score (nSPS) is 12.0. The largest absolute Gasteiger partial charge is 0.755 e. The van der Waals surface area contributed by atoms with Gasteiger partial charge in [-0.3, -0.25) is 9.00 Å².